The first kappa shape index (κ1) is 12.6. The topological polar surface area (TPSA) is 24.1 Å². The molecule has 1 rings (SSSR count). The molecule has 0 spiro atoms. The quantitative estimate of drug-likeness (QED) is 0.777. The maximum atomic E-state index is 3.54. The summed E-state index contributed by atoms with van der Waals surface area (Å²) < 4.78 is 2.39. The molecule has 1 heterocycles. The summed E-state index contributed by atoms with van der Waals surface area (Å²) in [7, 11) is 1.98. The van der Waals surface area contributed by atoms with Crippen molar-refractivity contribution < 1.29 is 0 Å². The molecule has 0 fully saturated rings. The van der Waals surface area contributed by atoms with E-state index in [1.54, 1.807) is 11.3 Å². The van der Waals surface area contributed by atoms with E-state index in [1.165, 1.54) is 19.6 Å². The summed E-state index contributed by atoms with van der Waals surface area (Å²) in [4.78, 5) is 0. The predicted molar refractivity (Wildman–Crippen MR) is 70.0 cm³/mol. The summed E-state index contributed by atoms with van der Waals surface area (Å²) in [6.45, 7) is 3.06. The number of rotatable bonds is 6. The van der Waals surface area contributed by atoms with Gasteiger partial charge in [0.1, 0.15) is 0 Å². The van der Waals surface area contributed by atoms with Gasteiger partial charge in [0.05, 0.1) is 7.57 Å². The Morgan fingerprint density at radius 3 is 2.71 bits per heavy atom. The van der Waals surface area contributed by atoms with Crippen molar-refractivity contribution in [3.8, 4) is 0 Å². The minimum absolute atomic E-state index is 0.937. The molecule has 0 aliphatic carbocycles. The Hall–Kier alpha value is 0.580. The molecule has 80 valence electrons. The van der Waals surface area contributed by atoms with E-state index in [0.29, 0.717) is 0 Å². The van der Waals surface area contributed by atoms with Crippen molar-refractivity contribution in [1.82, 2.24) is 10.6 Å². The van der Waals surface area contributed by atoms with Crippen LogP contribution >= 0.6 is 43.2 Å². The molecule has 2 N–H and O–H groups in total. The first-order valence-electron chi connectivity index (χ1n) is 4.53. The maximum Gasteiger partial charge on any atom is 0.0755 e. The van der Waals surface area contributed by atoms with Crippen molar-refractivity contribution in [1.29, 1.82) is 0 Å². The van der Waals surface area contributed by atoms with Crippen molar-refractivity contribution in [3.63, 3.8) is 0 Å². The molecule has 5 heteroatoms. The van der Waals surface area contributed by atoms with Crippen molar-refractivity contribution >= 4 is 43.2 Å². The van der Waals surface area contributed by atoms with Crippen molar-refractivity contribution in [2.24, 2.45) is 0 Å². The molecule has 0 unspecified atom stereocenters. The van der Waals surface area contributed by atoms with Crippen molar-refractivity contribution in [2.75, 3.05) is 20.1 Å². The largest absolute Gasteiger partial charge is 0.320 e. The second-order valence-corrected chi connectivity index (χ2v) is 6.73. The molecule has 0 aliphatic rings. The Balaban J connectivity index is 2.21. The smallest absolute Gasteiger partial charge is 0.0755 e. The van der Waals surface area contributed by atoms with E-state index in [-0.39, 0.29) is 0 Å². The van der Waals surface area contributed by atoms with Gasteiger partial charge in [-0.15, -0.1) is 11.3 Å². The van der Waals surface area contributed by atoms with E-state index >= 15 is 0 Å². The Bertz CT molecular complexity index is 276. The lowest BCUT2D eigenvalue weighted by molar-refractivity contribution is 0.625. The molecule has 0 atom stereocenters. The highest BCUT2D eigenvalue weighted by Gasteiger charge is 2.03. The average Bonchev–Trinajstić information content (AvgIpc) is 2.45. The Morgan fingerprint density at radius 2 is 2.14 bits per heavy atom. The van der Waals surface area contributed by atoms with Crippen LogP contribution < -0.4 is 10.6 Å². The van der Waals surface area contributed by atoms with E-state index in [1.807, 2.05) is 7.05 Å². The van der Waals surface area contributed by atoms with Gasteiger partial charge in [-0.2, -0.15) is 0 Å². The van der Waals surface area contributed by atoms with E-state index in [4.69, 9.17) is 0 Å². The summed E-state index contributed by atoms with van der Waals surface area (Å²) in [6, 6.07) is 2.15. The molecule has 0 saturated heterocycles. The zero-order valence-electron chi connectivity index (χ0n) is 8.07. The lowest BCUT2D eigenvalue weighted by atomic mass is 10.3. The fourth-order valence-corrected chi connectivity index (χ4v) is 3.93. The Morgan fingerprint density at radius 1 is 1.36 bits per heavy atom. The van der Waals surface area contributed by atoms with Crippen LogP contribution in [0.5, 0.6) is 0 Å². The fraction of sp³-hybridized carbons (Fsp3) is 0.556. The first-order valence-corrected chi connectivity index (χ1v) is 6.93. The van der Waals surface area contributed by atoms with Crippen LogP contribution in [-0.4, -0.2) is 20.1 Å². The van der Waals surface area contributed by atoms with Gasteiger partial charge in [0.25, 0.3) is 0 Å². The maximum absolute atomic E-state index is 3.54. The van der Waals surface area contributed by atoms with E-state index in [9.17, 15) is 0 Å². The van der Waals surface area contributed by atoms with Gasteiger partial charge in [-0.3, -0.25) is 0 Å². The highest BCUT2D eigenvalue weighted by atomic mass is 79.9. The number of hydrogen-bond donors (Lipinski definition) is 2. The van der Waals surface area contributed by atoms with E-state index in [2.05, 4.69) is 48.6 Å². The summed E-state index contributed by atoms with van der Waals surface area (Å²) in [5.41, 5.74) is 1.33. The SMILES string of the molecule is CNCCCNCc1cc(Br)sc1Br. The van der Waals surface area contributed by atoms with Gasteiger partial charge in [0.15, 0.2) is 0 Å². The van der Waals surface area contributed by atoms with Crippen LogP contribution in [0.15, 0.2) is 13.6 Å². The summed E-state index contributed by atoms with van der Waals surface area (Å²) >= 11 is 8.72. The minimum atomic E-state index is 0.937. The van der Waals surface area contributed by atoms with Crippen LogP contribution in [0.4, 0.5) is 0 Å². The molecule has 2 nitrogen and oxygen atoms in total. The molecule has 0 radical (unpaired) electrons. The van der Waals surface area contributed by atoms with Gasteiger partial charge in [-0.25, -0.2) is 0 Å². The third kappa shape index (κ3) is 4.40. The number of hydrogen-bond acceptors (Lipinski definition) is 3. The average molecular weight is 342 g/mol. The standard InChI is InChI=1S/C9H14Br2N2S/c1-12-3-2-4-13-6-7-5-8(10)14-9(7)11/h5,12-13H,2-4,6H2,1H3. The van der Waals surface area contributed by atoms with Gasteiger partial charge in [-0.1, -0.05) is 0 Å². The fourth-order valence-electron chi connectivity index (χ4n) is 1.11. The Labute approximate surface area is 106 Å². The van der Waals surface area contributed by atoms with Crippen molar-refractivity contribution in [3.05, 3.63) is 19.2 Å². The number of nitrogens with one attached hydrogen (secondary N) is 2. The van der Waals surface area contributed by atoms with Gasteiger partial charge in [-0.05, 0) is 70.0 Å². The normalized spacial score (nSPS) is 10.8. The minimum Gasteiger partial charge on any atom is -0.320 e. The molecular weight excluding hydrogens is 328 g/mol. The van der Waals surface area contributed by atoms with Crippen LogP contribution in [0.2, 0.25) is 0 Å². The zero-order chi connectivity index (χ0) is 10.4. The Kier molecular flexibility index (Phi) is 6.28. The molecule has 0 aromatic carbocycles. The molecular formula is C9H14Br2N2S. The first-order chi connectivity index (χ1) is 6.74. The highest BCUT2D eigenvalue weighted by Crippen LogP contribution is 2.31. The second kappa shape index (κ2) is 6.95. The molecule has 1 aromatic heterocycles. The van der Waals surface area contributed by atoms with Gasteiger partial charge in [0, 0.05) is 6.54 Å². The molecule has 1 aromatic rings. The summed E-state index contributed by atoms with van der Waals surface area (Å²) in [6.07, 6.45) is 1.17. The summed E-state index contributed by atoms with van der Waals surface area (Å²) in [5.74, 6) is 0. The molecule has 0 aliphatic heterocycles. The van der Waals surface area contributed by atoms with Crippen LogP contribution in [0.25, 0.3) is 0 Å². The number of halogens is 2. The highest BCUT2D eigenvalue weighted by molar-refractivity contribution is 9.12. The van der Waals surface area contributed by atoms with Gasteiger partial charge >= 0.3 is 0 Å². The van der Waals surface area contributed by atoms with Crippen LogP contribution in [0, 0.1) is 0 Å². The zero-order valence-corrected chi connectivity index (χ0v) is 12.1. The molecule has 0 bridgehead atoms. The van der Waals surface area contributed by atoms with Crippen molar-refractivity contribution in [2.45, 2.75) is 13.0 Å². The molecule has 14 heavy (non-hydrogen) atoms. The molecule has 0 amide bonds. The van der Waals surface area contributed by atoms with Crippen LogP contribution in [0.1, 0.15) is 12.0 Å². The van der Waals surface area contributed by atoms with Gasteiger partial charge in [0.2, 0.25) is 0 Å². The third-order valence-corrected chi connectivity index (χ3v) is 4.29. The van der Waals surface area contributed by atoms with Crippen LogP contribution in [0.3, 0.4) is 0 Å². The predicted octanol–water partition coefficient (Wildman–Crippen LogP) is 2.97. The lowest BCUT2D eigenvalue weighted by Crippen LogP contribution is -2.19. The summed E-state index contributed by atoms with van der Waals surface area (Å²) in [5, 5.41) is 6.53. The van der Waals surface area contributed by atoms with E-state index in [0.717, 1.165) is 19.6 Å². The monoisotopic (exact) mass is 340 g/mol. The number of thiophene rings is 1. The molecule has 0 saturated carbocycles. The second-order valence-electron chi connectivity index (χ2n) is 2.98. The lowest BCUT2D eigenvalue weighted by Gasteiger charge is -2.03. The van der Waals surface area contributed by atoms with E-state index < -0.39 is 0 Å². The third-order valence-electron chi connectivity index (χ3n) is 1.82. The van der Waals surface area contributed by atoms with Gasteiger partial charge < -0.3 is 10.6 Å². The van der Waals surface area contributed by atoms with Crippen LogP contribution in [-0.2, 0) is 6.54 Å².